The van der Waals surface area contributed by atoms with Crippen molar-refractivity contribution in [3.05, 3.63) is 32.6 Å². The van der Waals surface area contributed by atoms with Crippen LogP contribution in [0, 0.1) is 9.49 Å². The lowest BCUT2D eigenvalue weighted by molar-refractivity contribution is 0.632. The Morgan fingerprint density at radius 2 is 2.10 bits per heavy atom. The van der Waals surface area contributed by atoms with E-state index in [4.69, 9.17) is 11.6 Å². The molecule has 0 amide bonds. The van der Waals surface area contributed by atoms with Crippen LogP contribution in [0.3, 0.4) is 0 Å². The summed E-state index contributed by atoms with van der Waals surface area (Å²) in [5.74, 6) is 1.90. The molecule has 2 rings (SSSR count). The summed E-state index contributed by atoms with van der Waals surface area (Å²) in [6.07, 6.45) is 2.59. The third-order valence-corrected chi connectivity index (χ3v) is 4.17. The predicted octanol–water partition coefficient (Wildman–Crippen LogP) is 4.04. The Hall–Kier alpha value is -0.950. The fourth-order valence-corrected chi connectivity index (χ4v) is 2.77. The van der Waals surface area contributed by atoms with E-state index in [1.807, 2.05) is 7.05 Å². The molecule has 4 nitrogen and oxygen atoms in total. The lowest BCUT2D eigenvalue weighted by Crippen LogP contribution is -2.08. The smallest absolute Gasteiger partial charge is 0.182 e. The number of nitrogens with zero attached hydrogens (tertiary/aromatic N) is 3. The maximum Gasteiger partial charge on any atom is 0.182 e. The van der Waals surface area contributed by atoms with Crippen LogP contribution in [0.1, 0.15) is 19.5 Å². The first-order valence-electron chi connectivity index (χ1n) is 6.38. The molecular weight excluding hydrogens is 387 g/mol. The quantitative estimate of drug-likeness (QED) is 0.784. The van der Waals surface area contributed by atoms with E-state index in [0.717, 1.165) is 21.5 Å². The van der Waals surface area contributed by atoms with E-state index in [1.165, 1.54) is 0 Å². The molecule has 20 heavy (non-hydrogen) atoms. The number of hydrogen-bond acceptors (Lipinski definition) is 4. The van der Waals surface area contributed by atoms with E-state index in [9.17, 15) is 0 Å². The van der Waals surface area contributed by atoms with Crippen molar-refractivity contribution < 1.29 is 0 Å². The largest absolute Gasteiger partial charge is 0.372 e. The van der Waals surface area contributed by atoms with Gasteiger partial charge in [-0.2, -0.15) is 0 Å². The van der Waals surface area contributed by atoms with Crippen LogP contribution in [0.5, 0.6) is 0 Å². The van der Waals surface area contributed by atoms with Gasteiger partial charge in [0.25, 0.3) is 0 Å². The molecule has 0 spiro atoms. The lowest BCUT2D eigenvalue weighted by atomic mass is 10.1. The fraction of sp³-hybridized carbons (Fsp3) is 0.357. The summed E-state index contributed by atoms with van der Waals surface area (Å²) in [5.41, 5.74) is 1.64. The summed E-state index contributed by atoms with van der Waals surface area (Å²) >= 11 is 8.47. The number of anilines is 1. The molecule has 0 aliphatic rings. The molecule has 6 heteroatoms. The molecule has 0 aromatic carbocycles. The van der Waals surface area contributed by atoms with E-state index >= 15 is 0 Å². The Labute approximate surface area is 137 Å². The Balaban J connectivity index is 2.57. The monoisotopic (exact) mass is 402 g/mol. The molecule has 0 aliphatic heterocycles. The highest BCUT2D eigenvalue weighted by Gasteiger charge is 2.16. The minimum Gasteiger partial charge on any atom is -0.372 e. The van der Waals surface area contributed by atoms with Crippen molar-refractivity contribution in [2.75, 3.05) is 12.4 Å². The van der Waals surface area contributed by atoms with Crippen LogP contribution in [0.25, 0.3) is 11.5 Å². The van der Waals surface area contributed by atoms with E-state index in [-0.39, 0.29) is 0 Å². The summed E-state index contributed by atoms with van der Waals surface area (Å²) in [7, 11) is 1.85. The normalized spacial score (nSPS) is 10.9. The van der Waals surface area contributed by atoms with Crippen molar-refractivity contribution in [2.24, 2.45) is 5.92 Å². The maximum atomic E-state index is 6.19. The topological polar surface area (TPSA) is 50.7 Å². The molecule has 0 unspecified atom stereocenters. The zero-order valence-electron chi connectivity index (χ0n) is 11.6. The molecule has 2 aromatic rings. The second-order valence-corrected chi connectivity index (χ2v) is 6.32. The first kappa shape index (κ1) is 15.4. The van der Waals surface area contributed by atoms with E-state index in [1.54, 1.807) is 18.3 Å². The van der Waals surface area contributed by atoms with Crippen LogP contribution in [-0.2, 0) is 6.42 Å². The maximum absolute atomic E-state index is 6.19. The summed E-state index contributed by atoms with van der Waals surface area (Å²) in [5, 5.41) is 3.67. The summed E-state index contributed by atoms with van der Waals surface area (Å²) < 4.78 is 1.05. The van der Waals surface area contributed by atoms with E-state index in [0.29, 0.717) is 22.5 Å². The minimum absolute atomic E-state index is 0.523. The molecule has 2 heterocycles. The number of aromatic nitrogens is 3. The Kier molecular flexibility index (Phi) is 5.15. The van der Waals surface area contributed by atoms with Crippen molar-refractivity contribution in [3.63, 3.8) is 0 Å². The number of rotatable bonds is 4. The average molecular weight is 403 g/mol. The fourth-order valence-electron chi connectivity index (χ4n) is 1.84. The van der Waals surface area contributed by atoms with Gasteiger partial charge in [0, 0.05) is 13.2 Å². The first-order chi connectivity index (χ1) is 9.52. The lowest BCUT2D eigenvalue weighted by Gasteiger charge is -2.12. The molecule has 0 saturated heterocycles. The van der Waals surface area contributed by atoms with Gasteiger partial charge >= 0.3 is 0 Å². The number of pyridine rings is 1. The molecule has 0 bridgehead atoms. The van der Waals surface area contributed by atoms with Crippen molar-refractivity contribution in [3.8, 4) is 11.5 Å². The number of halogens is 2. The van der Waals surface area contributed by atoms with Crippen molar-refractivity contribution in [1.82, 2.24) is 15.0 Å². The Morgan fingerprint density at radius 1 is 1.35 bits per heavy atom. The first-order valence-corrected chi connectivity index (χ1v) is 7.83. The zero-order chi connectivity index (χ0) is 14.7. The van der Waals surface area contributed by atoms with Gasteiger partial charge in [0.1, 0.15) is 11.5 Å². The predicted molar refractivity (Wildman–Crippen MR) is 91.1 cm³/mol. The zero-order valence-corrected chi connectivity index (χ0v) is 14.5. The minimum atomic E-state index is 0.523. The third-order valence-electron chi connectivity index (χ3n) is 2.73. The average Bonchev–Trinajstić information content (AvgIpc) is 2.41. The number of nitrogens with one attached hydrogen (secondary N) is 1. The highest BCUT2D eigenvalue weighted by Crippen LogP contribution is 2.27. The standard InChI is InChI=1S/C14H16ClIN4/c1-8(2)7-10-11(16)13(17-3)20-14(19-10)12-9(15)5-4-6-18-12/h4-6,8H,7H2,1-3H3,(H,17,19,20). The van der Waals surface area contributed by atoms with Gasteiger partial charge in [-0.15, -0.1) is 0 Å². The van der Waals surface area contributed by atoms with Crippen LogP contribution < -0.4 is 5.32 Å². The van der Waals surface area contributed by atoms with Crippen LogP contribution in [0.4, 0.5) is 5.82 Å². The highest BCUT2D eigenvalue weighted by molar-refractivity contribution is 14.1. The van der Waals surface area contributed by atoms with Crippen molar-refractivity contribution in [1.29, 1.82) is 0 Å². The SMILES string of the molecule is CNc1nc(-c2ncccc2Cl)nc(CC(C)C)c1I. The van der Waals surface area contributed by atoms with Gasteiger partial charge in [0.2, 0.25) is 0 Å². The van der Waals surface area contributed by atoms with Gasteiger partial charge in [-0.25, -0.2) is 9.97 Å². The third kappa shape index (κ3) is 3.38. The second-order valence-electron chi connectivity index (χ2n) is 4.84. The summed E-state index contributed by atoms with van der Waals surface area (Å²) in [6, 6.07) is 3.60. The molecule has 0 fully saturated rings. The molecular formula is C14H16ClIN4. The molecule has 2 aromatic heterocycles. The summed E-state index contributed by atoms with van der Waals surface area (Å²) in [6.45, 7) is 4.34. The van der Waals surface area contributed by atoms with Gasteiger partial charge in [-0.3, -0.25) is 4.98 Å². The van der Waals surface area contributed by atoms with Crippen molar-refractivity contribution in [2.45, 2.75) is 20.3 Å². The molecule has 106 valence electrons. The van der Waals surface area contributed by atoms with Crippen LogP contribution in [0.2, 0.25) is 5.02 Å². The van der Waals surface area contributed by atoms with Gasteiger partial charge in [0.15, 0.2) is 5.82 Å². The second kappa shape index (κ2) is 6.67. The van der Waals surface area contributed by atoms with Gasteiger partial charge in [-0.1, -0.05) is 25.4 Å². The molecule has 1 N–H and O–H groups in total. The van der Waals surface area contributed by atoms with Crippen LogP contribution >= 0.6 is 34.2 Å². The number of hydrogen-bond donors (Lipinski definition) is 1. The Morgan fingerprint density at radius 3 is 2.70 bits per heavy atom. The molecule has 0 aliphatic carbocycles. The van der Waals surface area contributed by atoms with E-state index in [2.05, 4.69) is 56.7 Å². The van der Waals surface area contributed by atoms with Crippen LogP contribution in [-0.4, -0.2) is 22.0 Å². The molecule has 0 atom stereocenters. The Bertz CT molecular complexity index is 616. The van der Waals surface area contributed by atoms with E-state index < -0.39 is 0 Å². The van der Waals surface area contributed by atoms with Gasteiger partial charge < -0.3 is 5.32 Å². The highest BCUT2D eigenvalue weighted by atomic mass is 127. The van der Waals surface area contributed by atoms with Crippen molar-refractivity contribution >= 4 is 40.0 Å². The molecule has 0 saturated carbocycles. The van der Waals surface area contributed by atoms with Crippen LogP contribution in [0.15, 0.2) is 18.3 Å². The molecule has 0 radical (unpaired) electrons. The van der Waals surface area contributed by atoms with Gasteiger partial charge in [-0.05, 0) is 47.1 Å². The summed E-state index contributed by atoms with van der Waals surface area (Å²) in [4.78, 5) is 13.4. The van der Waals surface area contributed by atoms with Gasteiger partial charge in [0.05, 0.1) is 14.3 Å².